The molecule has 20 heavy (non-hydrogen) atoms. The molecule has 2 nitrogen and oxygen atoms in total. The monoisotopic (exact) mass is 379 g/mol. The molecule has 2 rings (SSSR count). The van der Waals surface area contributed by atoms with E-state index in [1.807, 2.05) is 19.1 Å². The van der Waals surface area contributed by atoms with Gasteiger partial charge in [-0.1, -0.05) is 29.8 Å². The largest absolute Gasteiger partial charge is 0.326 e. The Balaban J connectivity index is 1.90. The van der Waals surface area contributed by atoms with Gasteiger partial charge in [0.2, 0.25) is 5.91 Å². The summed E-state index contributed by atoms with van der Waals surface area (Å²) in [6, 6.07) is 14.4. The van der Waals surface area contributed by atoms with E-state index in [0.717, 1.165) is 17.7 Å². The van der Waals surface area contributed by atoms with E-state index >= 15 is 0 Å². The maximum absolute atomic E-state index is 12.0. The van der Waals surface area contributed by atoms with Crippen LogP contribution in [0.2, 0.25) is 0 Å². The fourth-order valence-electron chi connectivity index (χ4n) is 1.99. The van der Waals surface area contributed by atoms with Crippen LogP contribution in [0.4, 0.5) is 5.69 Å². The zero-order valence-electron chi connectivity index (χ0n) is 11.7. The Kier molecular flexibility index (Phi) is 5.17. The average Bonchev–Trinajstić information content (AvgIpc) is 2.41. The number of hydrogen-bond acceptors (Lipinski definition) is 1. The molecule has 0 atom stereocenters. The molecule has 3 heteroatoms. The molecule has 1 N–H and O–H groups in total. The Bertz CT molecular complexity index is 605. The lowest BCUT2D eigenvalue weighted by molar-refractivity contribution is -0.116. The zero-order valence-corrected chi connectivity index (χ0v) is 13.9. The first-order valence-electron chi connectivity index (χ1n) is 6.66. The van der Waals surface area contributed by atoms with Crippen LogP contribution in [0.25, 0.3) is 0 Å². The number of rotatable bonds is 4. The van der Waals surface area contributed by atoms with Gasteiger partial charge in [0.1, 0.15) is 0 Å². The predicted octanol–water partition coefficient (Wildman–Crippen LogP) is 4.48. The molecule has 0 saturated heterocycles. The van der Waals surface area contributed by atoms with Gasteiger partial charge < -0.3 is 5.32 Å². The summed E-state index contributed by atoms with van der Waals surface area (Å²) < 4.78 is 1.18. The standard InChI is InChI=1S/C17H18INO/c1-12-3-5-14(6-4-12)7-10-17(20)19-16-9-8-15(18)11-13(16)2/h3-6,8-9,11H,7,10H2,1-2H3,(H,19,20). The van der Waals surface area contributed by atoms with Crippen LogP contribution in [0, 0.1) is 17.4 Å². The van der Waals surface area contributed by atoms with E-state index in [1.54, 1.807) is 0 Å². The highest BCUT2D eigenvalue weighted by atomic mass is 127. The maximum Gasteiger partial charge on any atom is 0.224 e. The fourth-order valence-corrected chi connectivity index (χ4v) is 2.64. The Hall–Kier alpha value is -1.36. The van der Waals surface area contributed by atoms with Crippen molar-refractivity contribution >= 4 is 34.2 Å². The Labute approximate surface area is 133 Å². The molecule has 0 bridgehead atoms. The molecule has 104 valence electrons. The van der Waals surface area contributed by atoms with Crippen molar-refractivity contribution in [2.75, 3.05) is 5.32 Å². The van der Waals surface area contributed by atoms with Crippen molar-refractivity contribution in [1.29, 1.82) is 0 Å². The summed E-state index contributed by atoms with van der Waals surface area (Å²) in [7, 11) is 0. The van der Waals surface area contributed by atoms with Crippen LogP contribution < -0.4 is 5.32 Å². The van der Waals surface area contributed by atoms with Crippen molar-refractivity contribution in [2.24, 2.45) is 0 Å². The number of anilines is 1. The molecule has 0 aliphatic heterocycles. The van der Waals surface area contributed by atoms with Gasteiger partial charge in [-0.3, -0.25) is 4.79 Å². The molecule has 0 spiro atoms. The van der Waals surface area contributed by atoms with E-state index < -0.39 is 0 Å². The van der Waals surface area contributed by atoms with E-state index in [9.17, 15) is 4.79 Å². The van der Waals surface area contributed by atoms with Crippen molar-refractivity contribution in [1.82, 2.24) is 0 Å². The molecule has 0 aliphatic rings. The van der Waals surface area contributed by atoms with E-state index in [0.29, 0.717) is 6.42 Å². The minimum absolute atomic E-state index is 0.0647. The van der Waals surface area contributed by atoms with Gasteiger partial charge in [0, 0.05) is 15.7 Å². The topological polar surface area (TPSA) is 29.1 Å². The van der Waals surface area contributed by atoms with Crippen LogP contribution in [0.3, 0.4) is 0 Å². The summed E-state index contributed by atoms with van der Waals surface area (Å²) in [4.78, 5) is 12.0. The lowest BCUT2D eigenvalue weighted by Crippen LogP contribution is -2.13. The predicted molar refractivity (Wildman–Crippen MR) is 92.0 cm³/mol. The summed E-state index contributed by atoms with van der Waals surface area (Å²) in [6.07, 6.45) is 1.28. The number of carbonyl (C=O) groups is 1. The van der Waals surface area contributed by atoms with Gasteiger partial charge >= 0.3 is 0 Å². The molecule has 2 aromatic carbocycles. The molecular weight excluding hydrogens is 361 g/mol. The quantitative estimate of drug-likeness (QED) is 0.780. The van der Waals surface area contributed by atoms with Gasteiger partial charge in [-0.2, -0.15) is 0 Å². The van der Waals surface area contributed by atoms with Crippen molar-refractivity contribution in [2.45, 2.75) is 26.7 Å². The van der Waals surface area contributed by atoms with Crippen molar-refractivity contribution in [3.05, 3.63) is 62.7 Å². The second kappa shape index (κ2) is 6.88. The van der Waals surface area contributed by atoms with Gasteiger partial charge in [0.25, 0.3) is 0 Å². The summed E-state index contributed by atoms with van der Waals surface area (Å²) in [5, 5.41) is 2.98. The normalized spacial score (nSPS) is 10.3. The number of amides is 1. The lowest BCUT2D eigenvalue weighted by atomic mass is 10.1. The summed E-state index contributed by atoms with van der Waals surface area (Å²) in [6.45, 7) is 4.08. The first-order chi connectivity index (χ1) is 9.54. The smallest absolute Gasteiger partial charge is 0.224 e. The lowest BCUT2D eigenvalue weighted by Gasteiger charge is -2.09. The first kappa shape index (κ1) is 15.0. The SMILES string of the molecule is Cc1ccc(CCC(=O)Nc2ccc(I)cc2C)cc1. The number of aryl methyl sites for hydroxylation is 3. The fraction of sp³-hybridized carbons (Fsp3) is 0.235. The molecule has 0 aromatic heterocycles. The molecule has 0 radical (unpaired) electrons. The third-order valence-corrected chi connectivity index (χ3v) is 3.89. The molecular formula is C17H18INO. The number of hydrogen-bond donors (Lipinski definition) is 1. The average molecular weight is 379 g/mol. The highest BCUT2D eigenvalue weighted by molar-refractivity contribution is 14.1. The molecule has 2 aromatic rings. The second-order valence-electron chi connectivity index (χ2n) is 4.99. The van der Waals surface area contributed by atoms with Crippen LogP contribution in [-0.4, -0.2) is 5.91 Å². The van der Waals surface area contributed by atoms with Gasteiger partial charge in [0.05, 0.1) is 0 Å². The zero-order chi connectivity index (χ0) is 14.5. The molecule has 0 aliphatic carbocycles. The first-order valence-corrected chi connectivity index (χ1v) is 7.74. The number of nitrogens with one attached hydrogen (secondary N) is 1. The minimum Gasteiger partial charge on any atom is -0.326 e. The molecule has 0 saturated carbocycles. The van der Waals surface area contributed by atoms with E-state index in [1.165, 1.54) is 14.7 Å². The van der Waals surface area contributed by atoms with Crippen LogP contribution in [0.5, 0.6) is 0 Å². The molecule has 0 unspecified atom stereocenters. The van der Waals surface area contributed by atoms with E-state index in [-0.39, 0.29) is 5.91 Å². The van der Waals surface area contributed by atoms with Gasteiger partial charge in [-0.15, -0.1) is 0 Å². The highest BCUT2D eigenvalue weighted by Crippen LogP contribution is 2.18. The van der Waals surface area contributed by atoms with Crippen LogP contribution in [-0.2, 0) is 11.2 Å². The third kappa shape index (κ3) is 4.34. The van der Waals surface area contributed by atoms with Gasteiger partial charge in [-0.05, 0) is 72.2 Å². The Morgan fingerprint density at radius 3 is 2.45 bits per heavy atom. The van der Waals surface area contributed by atoms with Crippen LogP contribution >= 0.6 is 22.6 Å². The van der Waals surface area contributed by atoms with Crippen LogP contribution in [0.1, 0.15) is 23.1 Å². The Morgan fingerprint density at radius 2 is 1.80 bits per heavy atom. The van der Waals surface area contributed by atoms with E-state index in [4.69, 9.17) is 0 Å². The maximum atomic E-state index is 12.0. The molecule has 1 amide bonds. The van der Waals surface area contributed by atoms with Crippen molar-refractivity contribution in [3.63, 3.8) is 0 Å². The number of carbonyl (C=O) groups excluding carboxylic acids is 1. The van der Waals surface area contributed by atoms with Crippen LogP contribution in [0.15, 0.2) is 42.5 Å². The molecule has 0 fully saturated rings. The second-order valence-corrected chi connectivity index (χ2v) is 6.24. The highest BCUT2D eigenvalue weighted by Gasteiger charge is 2.05. The van der Waals surface area contributed by atoms with Gasteiger partial charge in [0.15, 0.2) is 0 Å². The summed E-state index contributed by atoms with van der Waals surface area (Å²) in [5.41, 5.74) is 4.44. The van der Waals surface area contributed by atoms with Crippen molar-refractivity contribution < 1.29 is 4.79 Å². The Morgan fingerprint density at radius 1 is 1.10 bits per heavy atom. The third-order valence-electron chi connectivity index (χ3n) is 3.22. The summed E-state index contributed by atoms with van der Waals surface area (Å²) in [5.74, 6) is 0.0647. The minimum atomic E-state index is 0.0647. The van der Waals surface area contributed by atoms with Gasteiger partial charge in [-0.25, -0.2) is 0 Å². The number of benzene rings is 2. The number of halogens is 1. The van der Waals surface area contributed by atoms with Crippen molar-refractivity contribution in [3.8, 4) is 0 Å². The summed E-state index contributed by atoms with van der Waals surface area (Å²) >= 11 is 2.27. The molecule has 0 heterocycles. The van der Waals surface area contributed by atoms with E-state index in [2.05, 4.69) is 65.2 Å².